The van der Waals surface area contributed by atoms with E-state index in [1.165, 1.54) is 19.4 Å². The highest BCUT2D eigenvalue weighted by Crippen LogP contribution is 2.35. The number of nitrogens with zero attached hydrogens (tertiary/aromatic N) is 1. The molecule has 26 heavy (non-hydrogen) atoms. The largest absolute Gasteiger partial charge is 0.496 e. The van der Waals surface area contributed by atoms with Gasteiger partial charge in [0.15, 0.2) is 0 Å². The Hall–Kier alpha value is -2.76. The van der Waals surface area contributed by atoms with Gasteiger partial charge in [-0.2, -0.15) is 0 Å². The van der Waals surface area contributed by atoms with Gasteiger partial charge in [-0.15, -0.1) is 5.23 Å². The lowest BCUT2D eigenvalue weighted by Crippen LogP contribution is -2.19. The molecule has 5 heteroatoms. The van der Waals surface area contributed by atoms with E-state index < -0.39 is 0 Å². The van der Waals surface area contributed by atoms with Gasteiger partial charge < -0.3 is 9.47 Å². The molecule has 0 saturated heterocycles. The Bertz CT molecular complexity index is 658. The van der Waals surface area contributed by atoms with Crippen LogP contribution in [0, 0.1) is 0 Å². The summed E-state index contributed by atoms with van der Waals surface area (Å²) in [6, 6.07) is 3.62. The Morgan fingerprint density at radius 1 is 0.692 bits per heavy atom. The average Bonchev–Trinajstić information content (AvgIpc) is 2.67. The summed E-state index contributed by atoms with van der Waals surface area (Å²) >= 11 is 0. The van der Waals surface area contributed by atoms with Crippen molar-refractivity contribution < 1.29 is 19.1 Å². The molecule has 1 aromatic carbocycles. The van der Waals surface area contributed by atoms with Crippen LogP contribution in [0.1, 0.15) is 12.5 Å². The predicted molar refractivity (Wildman–Crippen MR) is 107 cm³/mol. The lowest BCUT2D eigenvalue weighted by atomic mass is 10.1. The van der Waals surface area contributed by atoms with E-state index >= 15 is 0 Å². The molecule has 0 unspecified atom stereocenters. The number of anilines is 1. The van der Waals surface area contributed by atoms with Crippen molar-refractivity contribution in [2.75, 3.05) is 33.7 Å². The zero-order chi connectivity index (χ0) is 19.2. The molecule has 0 fully saturated rings. The van der Waals surface area contributed by atoms with Gasteiger partial charge in [0.05, 0.1) is 34.0 Å². The number of hydrogen-bond acceptors (Lipinski definition) is 5. The van der Waals surface area contributed by atoms with Crippen molar-refractivity contribution in [2.24, 2.45) is 0 Å². The Morgan fingerprint density at radius 3 is 1.58 bits per heavy atom. The number of benzene rings is 1. The van der Waals surface area contributed by atoms with Gasteiger partial charge in [0.25, 0.3) is 0 Å². The number of hydrogen-bond donors (Lipinski definition) is 0. The lowest BCUT2D eigenvalue weighted by Gasteiger charge is -2.20. The van der Waals surface area contributed by atoms with E-state index in [2.05, 4.69) is 0 Å². The molecule has 0 atom stereocenters. The third-order valence-electron chi connectivity index (χ3n) is 3.30. The summed E-state index contributed by atoms with van der Waals surface area (Å²) < 4.78 is 11.0. The SMILES string of the molecule is C/C=C/C=C/C=C/C=C/C=C/c1c(OC)cc(N(OC)OC)cc1OC. The molecule has 0 spiro atoms. The van der Waals surface area contributed by atoms with E-state index in [1.807, 2.05) is 79.8 Å². The molecule has 0 aromatic heterocycles. The minimum Gasteiger partial charge on any atom is -0.496 e. The molecular formula is C21H27NO4. The van der Waals surface area contributed by atoms with Gasteiger partial charge in [-0.3, -0.25) is 9.68 Å². The molecular weight excluding hydrogens is 330 g/mol. The van der Waals surface area contributed by atoms with Gasteiger partial charge in [-0.1, -0.05) is 54.7 Å². The van der Waals surface area contributed by atoms with Crippen LogP contribution in [0.3, 0.4) is 0 Å². The van der Waals surface area contributed by atoms with Gasteiger partial charge in [0, 0.05) is 12.1 Å². The fourth-order valence-corrected chi connectivity index (χ4v) is 2.13. The summed E-state index contributed by atoms with van der Waals surface area (Å²) in [7, 11) is 6.25. The zero-order valence-corrected chi connectivity index (χ0v) is 16.0. The first-order valence-corrected chi connectivity index (χ1v) is 8.15. The number of allylic oxidation sites excluding steroid dienone is 9. The van der Waals surface area contributed by atoms with E-state index in [1.54, 1.807) is 14.2 Å². The predicted octanol–water partition coefficient (Wildman–Crippen LogP) is 4.89. The van der Waals surface area contributed by atoms with E-state index in [4.69, 9.17) is 19.1 Å². The summed E-state index contributed by atoms with van der Waals surface area (Å²) in [5, 5.41) is 1.27. The van der Waals surface area contributed by atoms with Crippen molar-refractivity contribution in [1.82, 2.24) is 0 Å². The number of methoxy groups -OCH3 is 2. The molecule has 0 aliphatic carbocycles. The maximum atomic E-state index is 5.48. The molecule has 5 nitrogen and oxygen atoms in total. The molecule has 0 radical (unpaired) electrons. The van der Waals surface area contributed by atoms with E-state index in [-0.39, 0.29) is 0 Å². The zero-order valence-electron chi connectivity index (χ0n) is 16.0. The van der Waals surface area contributed by atoms with E-state index in [0.29, 0.717) is 17.2 Å². The Kier molecular flexibility index (Phi) is 10.3. The highest BCUT2D eigenvalue weighted by Gasteiger charge is 2.14. The van der Waals surface area contributed by atoms with Crippen LogP contribution in [0.2, 0.25) is 0 Å². The van der Waals surface area contributed by atoms with Crippen molar-refractivity contribution in [2.45, 2.75) is 6.92 Å². The van der Waals surface area contributed by atoms with Crippen molar-refractivity contribution in [3.05, 3.63) is 72.4 Å². The summed E-state index contributed by atoms with van der Waals surface area (Å²) in [5.74, 6) is 1.29. The maximum absolute atomic E-state index is 5.48. The quantitative estimate of drug-likeness (QED) is 0.440. The van der Waals surface area contributed by atoms with E-state index in [9.17, 15) is 0 Å². The van der Waals surface area contributed by atoms with Crippen molar-refractivity contribution >= 4 is 11.8 Å². The molecule has 0 N–H and O–H groups in total. The topological polar surface area (TPSA) is 40.2 Å². The number of ether oxygens (including phenoxy) is 2. The normalized spacial score (nSPS) is 12.3. The van der Waals surface area contributed by atoms with Crippen molar-refractivity contribution in [3.8, 4) is 11.5 Å². The smallest absolute Gasteiger partial charge is 0.132 e. The van der Waals surface area contributed by atoms with Crippen LogP contribution in [0.5, 0.6) is 11.5 Å². The Balaban J connectivity index is 2.97. The van der Waals surface area contributed by atoms with Gasteiger partial charge in [-0.05, 0) is 13.0 Å². The third kappa shape index (κ3) is 6.63. The van der Waals surface area contributed by atoms with Crippen LogP contribution in [-0.2, 0) is 9.68 Å². The summed E-state index contributed by atoms with van der Waals surface area (Å²) in [6.45, 7) is 1.98. The fourth-order valence-electron chi connectivity index (χ4n) is 2.13. The fraction of sp³-hybridized carbons (Fsp3) is 0.238. The second kappa shape index (κ2) is 12.6. The molecule has 0 bridgehead atoms. The molecule has 0 aliphatic rings. The molecule has 140 valence electrons. The van der Waals surface area contributed by atoms with Gasteiger partial charge in [0.2, 0.25) is 0 Å². The van der Waals surface area contributed by atoms with Crippen LogP contribution < -0.4 is 14.7 Å². The summed E-state index contributed by atoms with van der Waals surface area (Å²) in [6.07, 6.45) is 19.5. The maximum Gasteiger partial charge on any atom is 0.132 e. The van der Waals surface area contributed by atoms with Gasteiger partial charge in [0.1, 0.15) is 17.2 Å². The standard InChI is InChI=1S/C21H27NO4/c1-6-7-8-9-10-11-12-13-14-15-19-20(23-2)16-18(17-21(19)24-3)22(25-4)26-5/h6-17H,1-5H3/b7-6+,9-8+,11-10+,13-12+,15-14+. The first-order valence-electron chi connectivity index (χ1n) is 8.15. The highest BCUT2D eigenvalue weighted by atomic mass is 16.9. The van der Waals surface area contributed by atoms with Crippen molar-refractivity contribution in [3.63, 3.8) is 0 Å². The Labute approximate surface area is 156 Å². The summed E-state index contributed by atoms with van der Waals surface area (Å²) in [5.41, 5.74) is 1.49. The molecule has 0 saturated carbocycles. The molecule has 0 aliphatic heterocycles. The number of rotatable bonds is 10. The second-order valence-electron chi connectivity index (χ2n) is 4.93. The van der Waals surface area contributed by atoms with Gasteiger partial charge >= 0.3 is 0 Å². The average molecular weight is 357 g/mol. The Morgan fingerprint density at radius 2 is 1.15 bits per heavy atom. The minimum absolute atomic E-state index is 0.646. The third-order valence-corrected chi connectivity index (χ3v) is 3.30. The van der Waals surface area contributed by atoms with E-state index in [0.717, 1.165) is 5.56 Å². The lowest BCUT2D eigenvalue weighted by molar-refractivity contribution is -0.0434. The van der Waals surface area contributed by atoms with Crippen molar-refractivity contribution in [1.29, 1.82) is 0 Å². The molecule has 0 heterocycles. The van der Waals surface area contributed by atoms with Crippen LogP contribution >= 0.6 is 0 Å². The first-order chi connectivity index (χ1) is 12.7. The minimum atomic E-state index is 0.646. The first kappa shape index (κ1) is 21.3. The summed E-state index contributed by atoms with van der Waals surface area (Å²) in [4.78, 5) is 10.3. The molecule has 0 amide bonds. The van der Waals surface area contributed by atoms with Crippen LogP contribution in [-0.4, -0.2) is 28.4 Å². The monoisotopic (exact) mass is 357 g/mol. The molecule has 1 aromatic rings. The second-order valence-corrected chi connectivity index (χ2v) is 4.93. The van der Waals surface area contributed by atoms with Crippen LogP contribution in [0.4, 0.5) is 5.69 Å². The highest BCUT2D eigenvalue weighted by molar-refractivity contribution is 5.70. The van der Waals surface area contributed by atoms with Crippen LogP contribution in [0.25, 0.3) is 6.08 Å². The van der Waals surface area contributed by atoms with Crippen LogP contribution in [0.15, 0.2) is 66.8 Å². The van der Waals surface area contributed by atoms with Gasteiger partial charge in [-0.25, -0.2) is 0 Å². The molecule has 1 rings (SSSR count).